The molecule has 0 fully saturated rings. The second-order valence-corrected chi connectivity index (χ2v) is 4.28. The molecule has 0 aliphatic carbocycles. The minimum absolute atomic E-state index is 0.116. The Kier molecular flexibility index (Phi) is 4.30. The molecule has 1 aromatic heterocycles. The first kappa shape index (κ1) is 13.3. The van der Waals surface area contributed by atoms with Crippen molar-refractivity contribution in [3.05, 3.63) is 64.1 Å². The second kappa shape index (κ2) is 6.15. The summed E-state index contributed by atoms with van der Waals surface area (Å²) in [6.07, 6.45) is 2.54. The lowest BCUT2D eigenvalue weighted by atomic mass is 10.1. The van der Waals surface area contributed by atoms with Gasteiger partial charge in [-0.05, 0) is 24.1 Å². The SMILES string of the molecule is CCC(NCc1cccc([N+](=O)[O-])c1)c1ccco1. The molecule has 0 aliphatic rings. The third kappa shape index (κ3) is 3.42. The molecule has 0 amide bonds. The molecule has 1 atom stereocenters. The Labute approximate surface area is 111 Å². The van der Waals surface area contributed by atoms with Crippen LogP contribution in [-0.4, -0.2) is 4.92 Å². The average molecular weight is 260 g/mol. The Balaban J connectivity index is 2.01. The predicted molar refractivity (Wildman–Crippen MR) is 71.7 cm³/mol. The Morgan fingerprint density at radius 2 is 2.21 bits per heavy atom. The number of non-ortho nitro benzene ring substituents is 1. The molecule has 0 bridgehead atoms. The van der Waals surface area contributed by atoms with Crippen LogP contribution in [0.1, 0.15) is 30.7 Å². The highest BCUT2D eigenvalue weighted by molar-refractivity contribution is 5.34. The van der Waals surface area contributed by atoms with Gasteiger partial charge in [-0.2, -0.15) is 0 Å². The van der Waals surface area contributed by atoms with E-state index in [-0.39, 0.29) is 16.7 Å². The molecule has 0 aliphatic heterocycles. The van der Waals surface area contributed by atoms with E-state index < -0.39 is 0 Å². The molecule has 1 aromatic carbocycles. The molecule has 2 rings (SSSR count). The summed E-state index contributed by atoms with van der Waals surface area (Å²) in [4.78, 5) is 10.3. The second-order valence-electron chi connectivity index (χ2n) is 4.28. The fourth-order valence-electron chi connectivity index (χ4n) is 1.96. The lowest BCUT2D eigenvalue weighted by molar-refractivity contribution is -0.384. The zero-order chi connectivity index (χ0) is 13.7. The smallest absolute Gasteiger partial charge is 0.269 e. The van der Waals surface area contributed by atoms with Gasteiger partial charge in [0.15, 0.2) is 0 Å². The van der Waals surface area contributed by atoms with Crippen LogP contribution in [0.25, 0.3) is 0 Å². The van der Waals surface area contributed by atoms with Crippen LogP contribution in [0, 0.1) is 10.1 Å². The molecular weight excluding hydrogens is 244 g/mol. The van der Waals surface area contributed by atoms with Gasteiger partial charge < -0.3 is 9.73 Å². The van der Waals surface area contributed by atoms with Gasteiger partial charge in [0.1, 0.15) is 5.76 Å². The number of rotatable bonds is 6. The summed E-state index contributed by atoms with van der Waals surface area (Å²) in [6.45, 7) is 2.63. The molecule has 1 heterocycles. The highest BCUT2D eigenvalue weighted by atomic mass is 16.6. The van der Waals surface area contributed by atoms with Gasteiger partial charge in [-0.1, -0.05) is 19.1 Å². The highest BCUT2D eigenvalue weighted by Crippen LogP contribution is 2.18. The number of hydrogen-bond donors (Lipinski definition) is 1. The molecule has 0 saturated carbocycles. The Morgan fingerprint density at radius 3 is 2.84 bits per heavy atom. The monoisotopic (exact) mass is 260 g/mol. The molecule has 1 unspecified atom stereocenters. The van der Waals surface area contributed by atoms with Crippen molar-refractivity contribution in [1.29, 1.82) is 0 Å². The van der Waals surface area contributed by atoms with Crippen molar-refractivity contribution in [2.45, 2.75) is 25.9 Å². The lowest BCUT2D eigenvalue weighted by Gasteiger charge is -2.14. The number of nitro benzene ring substituents is 1. The summed E-state index contributed by atoms with van der Waals surface area (Å²) in [5.74, 6) is 0.882. The van der Waals surface area contributed by atoms with E-state index in [1.54, 1.807) is 18.4 Å². The first-order valence-corrected chi connectivity index (χ1v) is 6.21. The van der Waals surface area contributed by atoms with Gasteiger partial charge in [0, 0.05) is 18.7 Å². The maximum absolute atomic E-state index is 10.7. The minimum atomic E-state index is -0.382. The van der Waals surface area contributed by atoms with Gasteiger partial charge >= 0.3 is 0 Å². The van der Waals surface area contributed by atoms with Crippen molar-refractivity contribution in [3.63, 3.8) is 0 Å². The van der Waals surface area contributed by atoms with E-state index in [4.69, 9.17) is 4.42 Å². The van der Waals surface area contributed by atoms with E-state index in [0.29, 0.717) is 6.54 Å². The van der Waals surface area contributed by atoms with Crippen LogP contribution >= 0.6 is 0 Å². The zero-order valence-electron chi connectivity index (χ0n) is 10.7. The van der Waals surface area contributed by atoms with Crippen LogP contribution in [0.2, 0.25) is 0 Å². The zero-order valence-corrected chi connectivity index (χ0v) is 10.7. The van der Waals surface area contributed by atoms with Crippen LogP contribution in [-0.2, 0) is 6.54 Å². The van der Waals surface area contributed by atoms with Crippen molar-refractivity contribution in [1.82, 2.24) is 5.32 Å². The van der Waals surface area contributed by atoms with Crippen molar-refractivity contribution in [2.75, 3.05) is 0 Å². The van der Waals surface area contributed by atoms with Crippen molar-refractivity contribution in [2.24, 2.45) is 0 Å². The molecule has 100 valence electrons. The number of hydrogen-bond acceptors (Lipinski definition) is 4. The molecule has 2 aromatic rings. The van der Waals surface area contributed by atoms with E-state index in [0.717, 1.165) is 17.7 Å². The maximum atomic E-state index is 10.7. The van der Waals surface area contributed by atoms with Crippen LogP contribution in [0.15, 0.2) is 47.1 Å². The predicted octanol–water partition coefficient (Wildman–Crippen LogP) is 3.43. The van der Waals surface area contributed by atoms with Crippen LogP contribution in [0.3, 0.4) is 0 Å². The third-order valence-electron chi connectivity index (χ3n) is 2.97. The number of nitro groups is 1. The fraction of sp³-hybridized carbons (Fsp3) is 0.286. The highest BCUT2D eigenvalue weighted by Gasteiger charge is 2.12. The lowest BCUT2D eigenvalue weighted by Crippen LogP contribution is -2.19. The van der Waals surface area contributed by atoms with Gasteiger partial charge in [0.05, 0.1) is 17.2 Å². The van der Waals surface area contributed by atoms with E-state index >= 15 is 0 Å². The maximum Gasteiger partial charge on any atom is 0.269 e. The summed E-state index contributed by atoms with van der Waals surface area (Å²) in [5.41, 5.74) is 1.00. The van der Waals surface area contributed by atoms with Crippen LogP contribution in [0.5, 0.6) is 0 Å². The van der Waals surface area contributed by atoms with E-state index in [1.807, 2.05) is 18.2 Å². The number of nitrogens with one attached hydrogen (secondary N) is 1. The molecule has 19 heavy (non-hydrogen) atoms. The molecule has 0 radical (unpaired) electrons. The summed E-state index contributed by atoms with van der Waals surface area (Å²) >= 11 is 0. The minimum Gasteiger partial charge on any atom is -0.468 e. The van der Waals surface area contributed by atoms with Crippen LogP contribution in [0.4, 0.5) is 5.69 Å². The molecule has 5 heteroatoms. The van der Waals surface area contributed by atoms with Gasteiger partial charge in [-0.3, -0.25) is 10.1 Å². The van der Waals surface area contributed by atoms with Gasteiger partial charge in [0.2, 0.25) is 0 Å². The van der Waals surface area contributed by atoms with Crippen molar-refractivity contribution in [3.8, 4) is 0 Å². The first-order valence-electron chi connectivity index (χ1n) is 6.21. The number of nitrogens with zero attached hydrogens (tertiary/aromatic N) is 1. The molecule has 0 spiro atoms. The van der Waals surface area contributed by atoms with Crippen molar-refractivity contribution < 1.29 is 9.34 Å². The average Bonchev–Trinajstić information content (AvgIpc) is 2.94. The summed E-state index contributed by atoms with van der Waals surface area (Å²) in [6, 6.07) is 10.5. The summed E-state index contributed by atoms with van der Waals surface area (Å²) in [7, 11) is 0. The third-order valence-corrected chi connectivity index (χ3v) is 2.97. The van der Waals surface area contributed by atoms with Crippen molar-refractivity contribution >= 4 is 5.69 Å². The van der Waals surface area contributed by atoms with E-state index in [2.05, 4.69) is 12.2 Å². The number of benzene rings is 1. The van der Waals surface area contributed by atoms with Gasteiger partial charge in [-0.15, -0.1) is 0 Å². The molecular formula is C14H16N2O3. The van der Waals surface area contributed by atoms with Gasteiger partial charge in [-0.25, -0.2) is 0 Å². The molecule has 5 nitrogen and oxygen atoms in total. The topological polar surface area (TPSA) is 68.3 Å². The number of furan rings is 1. The Morgan fingerprint density at radius 1 is 1.37 bits per heavy atom. The van der Waals surface area contributed by atoms with E-state index in [9.17, 15) is 10.1 Å². The molecule has 0 saturated heterocycles. The van der Waals surface area contributed by atoms with E-state index in [1.165, 1.54) is 6.07 Å². The fourth-order valence-corrected chi connectivity index (χ4v) is 1.96. The first-order chi connectivity index (χ1) is 9.20. The van der Waals surface area contributed by atoms with Gasteiger partial charge in [0.25, 0.3) is 5.69 Å². The normalized spacial score (nSPS) is 12.3. The molecule has 1 N–H and O–H groups in total. The largest absolute Gasteiger partial charge is 0.468 e. The Bertz CT molecular complexity index is 537. The summed E-state index contributed by atoms with van der Waals surface area (Å²) < 4.78 is 5.37. The Hall–Kier alpha value is -2.14. The quantitative estimate of drug-likeness (QED) is 0.638. The standard InChI is InChI=1S/C14H16N2O3/c1-2-13(14-7-4-8-19-14)15-10-11-5-3-6-12(9-11)16(17)18/h3-9,13,15H,2,10H2,1H3. The summed E-state index contributed by atoms with van der Waals surface area (Å²) in [5, 5.41) is 14.0. The van der Waals surface area contributed by atoms with Crippen LogP contribution < -0.4 is 5.32 Å².